The van der Waals surface area contributed by atoms with Crippen LogP contribution < -0.4 is 0 Å². The summed E-state index contributed by atoms with van der Waals surface area (Å²) in [5, 5.41) is 18.8. The summed E-state index contributed by atoms with van der Waals surface area (Å²) in [6, 6.07) is 10.2. The maximum atomic E-state index is 13.9. The van der Waals surface area contributed by atoms with Gasteiger partial charge in [0.1, 0.15) is 18.2 Å². The summed E-state index contributed by atoms with van der Waals surface area (Å²) in [6.07, 6.45) is -2.21. The number of rotatable bonds is 10. The molecule has 2 saturated heterocycles. The second-order valence-corrected chi connectivity index (χ2v) is 11.9. The number of nitrogens with zero attached hydrogens (tertiary/aromatic N) is 3. The van der Waals surface area contributed by atoms with Crippen molar-refractivity contribution in [2.24, 2.45) is 0 Å². The highest BCUT2D eigenvalue weighted by atomic mass is 35.5. The SMILES string of the molecule is Cc1ccc(CC2C(=O)N(CCC(=O)O)CC3N2C(=O)C(CCC(=O)O)N3S(=O)(=O)c2ccc(Cl)cc2)cc1. The second-order valence-electron chi connectivity index (χ2n) is 9.60. The zero-order chi connectivity index (χ0) is 28.5. The molecule has 208 valence electrons. The molecule has 2 amide bonds. The van der Waals surface area contributed by atoms with Crippen LogP contribution >= 0.6 is 11.6 Å². The molecule has 0 spiro atoms. The topological polar surface area (TPSA) is 153 Å². The van der Waals surface area contributed by atoms with Crippen LogP contribution in [0.1, 0.15) is 30.4 Å². The van der Waals surface area contributed by atoms with Crippen molar-refractivity contribution in [3.8, 4) is 0 Å². The van der Waals surface area contributed by atoms with Gasteiger partial charge in [0, 0.05) is 24.4 Å². The van der Waals surface area contributed by atoms with Crippen LogP contribution in [0.4, 0.5) is 0 Å². The van der Waals surface area contributed by atoms with E-state index in [-0.39, 0.29) is 37.2 Å². The molecule has 0 bridgehead atoms. The van der Waals surface area contributed by atoms with Crippen molar-refractivity contribution < 1.29 is 37.8 Å². The molecular formula is C26H28ClN3O8S. The van der Waals surface area contributed by atoms with Gasteiger partial charge < -0.3 is 20.0 Å². The number of aliphatic carboxylic acids is 2. The van der Waals surface area contributed by atoms with E-state index in [0.29, 0.717) is 5.02 Å². The van der Waals surface area contributed by atoms with Gasteiger partial charge in [0.05, 0.1) is 17.9 Å². The smallest absolute Gasteiger partial charge is 0.305 e. The number of fused-ring (bicyclic) bond motifs is 1. The molecule has 2 aliphatic rings. The molecule has 2 fully saturated rings. The molecule has 3 atom stereocenters. The van der Waals surface area contributed by atoms with E-state index in [9.17, 15) is 37.8 Å². The van der Waals surface area contributed by atoms with Crippen LogP contribution in [0.25, 0.3) is 0 Å². The summed E-state index contributed by atoms with van der Waals surface area (Å²) < 4.78 is 28.8. The fourth-order valence-corrected chi connectivity index (χ4v) is 6.91. The Kier molecular flexibility index (Phi) is 8.28. The molecule has 2 heterocycles. The van der Waals surface area contributed by atoms with E-state index in [1.54, 1.807) is 12.1 Å². The number of carboxylic acids is 2. The quantitative estimate of drug-likeness (QED) is 0.435. The highest BCUT2D eigenvalue weighted by molar-refractivity contribution is 7.89. The number of sulfonamides is 1. The normalized spacial score (nSPS) is 21.7. The summed E-state index contributed by atoms with van der Waals surface area (Å²) in [5.41, 5.74) is 1.72. The van der Waals surface area contributed by atoms with Crippen molar-refractivity contribution in [1.29, 1.82) is 0 Å². The molecule has 39 heavy (non-hydrogen) atoms. The number of halogens is 1. The Hall–Kier alpha value is -3.48. The number of carbonyl (C=O) groups is 4. The molecule has 11 nitrogen and oxygen atoms in total. The summed E-state index contributed by atoms with van der Waals surface area (Å²) in [7, 11) is -4.36. The van der Waals surface area contributed by atoms with E-state index < -0.39 is 58.4 Å². The highest BCUT2D eigenvalue weighted by Gasteiger charge is 2.58. The van der Waals surface area contributed by atoms with Gasteiger partial charge in [0.2, 0.25) is 21.8 Å². The molecular weight excluding hydrogens is 550 g/mol. The lowest BCUT2D eigenvalue weighted by molar-refractivity contribution is -0.153. The van der Waals surface area contributed by atoms with Gasteiger partial charge in [-0.2, -0.15) is 4.31 Å². The first-order valence-corrected chi connectivity index (χ1v) is 14.1. The van der Waals surface area contributed by atoms with E-state index in [0.717, 1.165) is 15.4 Å². The van der Waals surface area contributed by atoms with E-state index in [1.165, 1.54) is 34.1 Å². The number of amides is 2. The molecule has 4 rings (SSSR count). The van der Waals surface area contributed by atoms with E-state index in [4.69, 9.17) is 11.6 Å². The average molecular weight is 578 g/mol. The van der Waals surface area contributed by atoms with Crippen molar-refractivity contribution in [2.75, 3.05) is 13.1 Å². The fraction of sp³-hybridized carbons (Fsp3) is 0.385. The van der Waals surface area contributed by atoms with Crippen molar-refractivity contribution in [1.82, 2.24) is 14.1 Å². The minimum absolute atomic E-state index is 0.0748. The molecule has 2 N–H and O–H groups in total. The lowest BCUT2D eigenvalue weighted by Gasteiger charge is -2.44. The first kappa shape index (κ1) is 28.5. The molecule has 0 saturated carbocycles. The number of benzene rings is 2. The Morgan fingerprint density at radius 2 is 1.54 bits per heavy atom. The predicted octanol–water partition coefficient (Wildman–Crippen LogP) is 1.97. The van der Waals surface area contributed by atoms with Crippen molar-refractivity contribution in [2.45, 2.75) is 55.8 Å². The maximum Gasteiger partial charge on any atom is 0.305 e. The van der Waals surface area contributed by atoms with Gasteiger partial charge in [-0.25, -0.2) is 8.42 Å². The zero-order valence-corrected chi connectivity index (χ0v) is 22.6. The van der Waals surface area contributed by atoms with Crippen LogP contribution in [0.2, 0.25) is 5.02 Å². The minimum Gasteiger partial charge on any atom is -0.481 e. The van der Waals surface area contributed by atoms with Crippen molar-refractivity contribution >= 4 is 45.4 Å². The Balaban J connectivity index is 1.80. The molecule has 0 radical (unpaired) electrons. The second kappa shape index (κ2) is 11.3. The van der Waals surface area contributed by atoms with Crippen LogP contribution in [0, 0.1) is 6.92 Å². The number of carbonyl (C=O) groups excluding carboxylic acids is 2. The lowest BCUT2D eigenvalue weighted by Crippen LogP contribution is -2.64. The van der Waals surface area contributed by atoms with Crippen LogP contribution in [0.3, 0.4) is 0 Å². The van der Waals surface area contributed by atoms with Crippen molar-refractivity contribution in [3.05, 3.63) is 64.7 Å². The summed E-state index contributed by atoms with van der Waals surface area (Å²) in [5.74, 6) is -3.49. The third kappa shape index (κ3) is 5.92. The highest BCUT2D eigenvalue weighted by Crippen LogP contribution is 2.37. The molecule has 2 aliphatic heterocycles. The van der Waals surface area contributed by atoms with Gasteiger partial charge in [0.15, 0.2) is 0 Å². The van der Waals surface area contributed by atoms with E-state index >= 15 is 0 Å². The van der Waals surface area contributed by atoms with Gasteiger partial charge >= 0.3 is 11.9 Å². The molecule has 13 heteroatoms. The van der Waals surface area contributed by atoms with Crippen LogP contribution in [-0.4, -0.2) is 87.8 Å². The first-order chi connectivity index (χ1) is 18.4. The Labute approximate surface area is 230 Å². The van der Waals surface area contributed by atoms with E-state index in [2.05, 4.69) is 0 Å². The fourth-order valence-electron chi connectivity index (χ4n) is 5.04. The molecule has 3 unspecified atom stereocenters. The summed E-state index contributed by atoms with van der Waals surface area (Å²) in [4.78, 5) is 52.5. The predicted molar refractivity (Wildman–Crippen MR) is 139 cm³/mol. The van der Waals surface area contributed by atoms with Gasteiger partial charge in [-0.05, 0) is 43.2 Å². The monoisotopic (exact) mass is 577 g/mol. The van der Waals surface area contributed by atoms with Gasteiger partial charge in [-0.1, -0.05) is 41.4 Å². The van der Waals surface area contributed by atoms with Crippen LogP contribution in [0.15, 0.2) is 53.4 Å². The number of carboxylic acid groups (broad SMARTS) is 2. The summed E-state index contributed by atoms with van der Waals surface area (Å²) >= 11 is 5.94. The van der Waals surface area contributed by atoms with Gasteiger partial charge in [-0.3, -0.25) is 19.2 Å². The molecule has 2 aromatic rings. The van der Waals surface area contributed by atoms with Crippen LogP contribution in [0.5, 0.6) is 0 Å². The average Bonchev–Trinajstić information content (AvgIpc) is 3.16. The van der Waals surface area contributed by atoms with Gasteiger partial charge in [-0.15, -0.1) is 0 Å². The van der Waals surface area contributed by atoms with Crippen molar-refractivity contribution in [3.63, 3.8) is 0 Å². The third-order valence-electron chi connectivity index (χ3n) is 6.94. The summed E-state index contributed by atoms with van der Waals surface area (Å²) in [6.45, 7) is 1.47. The standard InChI is InChI=1S/C26H28ClN3O8S/c1-16-2-4-17(5-3-16)14-21-25(35)28(13-12-24(33)34)15-22-29(21)26(36)20(10-11-23(31)32)30(22)39(37,38)19-8-6-18(27)7-9-19/h2-9,20-22H,10-15H2,1H3,(H,31,32)(H,33,34). The molecule has 0 aromatic heterocycles. The Bertz CT molecular complexity index is 1380. The van der Waals surface area contributed by atoms with E-state index in [1.807, 2.05) is 19.1 Å². The Morgan fingerprint density at radius 3 is 2.13 bits per heavy atom. The lowest BCUT2D eigenvalue weighted by atomic mass is 9.99. The number of aryl methyl sites for hydroxylation is 1. The van der Waals surface area contributed by atoms with Gasteiger partial charge in [0.25, 0.3) is 0 Å². The zero-order valence-electron chi connectivity index (χ0n) is 21.1. The van der Waals surface area contributed by atoms with Crippen LogP contribution in [-0.2, 0) is 35.6 Å². The number of piperazine rings is 1. The molecule has 0 aliphatic carbocycles. The third-order valence-corrected chi connectivity index (χ3v) is 9.12. The minimum atomic E-state index is -4.36. The molecule has 2 aromatic carbocycles. The Morgan fingerprint density at radius 1 is 0.923 bits per heavy atom. The largest absolute Gasteiger partial charge is 0.481 e. The number of hydrogen-bond donors (Lipinski definition) is 2. The number of hydrogen-bond acceptors (Lipinski definition) is 6. The first-order valence-electron chi connectivity index (χ1n) is 12.3. The maximum absolute atomic E-state index is 13.9.